The van der Waals surface area contributed by atoms with Crippen LogP contribution in [0.2, 0.25) is 0 Å². The van der Waals surface area contributed by atoms with Gasteiger partial charge in [-0.15, -0.1) is 0 Å². The standard InChI is InChI=1S/C23H22F2N4O2/c24-23(25)8-10-29(13-23)20(30)11-14-1-3-15(4-2-14)18-12-19(28-22(31)16-5-6-16)27-21-17(18)7-9-26-21/h1-4,7,9,12,16H,5-6,8,10-11,13H2,(H2,26,27,28,31). The molecule has 3 aromatic rings. The van der Waals surface area contributed by atoms with Gasteiger partial charge in [0.05, 0.1) is 13.0 Å². The number of likely N-dealkylation sites (tertiary alicyclic amines) is 1. The number of halogens is 2. The van der Waals surface area contributed by atoms with Gasteiger partial charge in [-0.3, -0.25) is 9.59 Å². The summed E-state index contributed by atoms with van der Waals surface area (Å²) < 4.78 is 26.7. The molecule has 0 radical (unpaired) electrons. The van der Waals surface area contributed by atoms with Gasteiger partial charge in [0, 0.05) is 30.5 Å². The van der Waals surface area contributed by atoms with Crippen molar-refractivity contribution in [3.63, 3.8) is 0 Å². The Balaban J connectivity index is 1.36. The predicted molar refractivity (Wildman–Crippen MR) is 113 cm³/mol. The number of alkyl halides is 2. The lowest BCUT2D eigenvalue weighted by Gasteiger charge is -2.16. The number of nitrogens with one attached hydrogen (secondary N) is 2. The number of hydrogen-bond donors (Lipinski definition) is 2. The van der Waals surface area contributed by atoms with E-state index in [1.165, 1.54) is 4.90 Å². The number of carbonyl (C=O) groups excluding carboxylic acids is 2. The van der Waals surface area contributed by atoms with Crippen LogP contribution < -0.4 is 5.32 Å². The van der Waals surface area contributed by atoms with E-state index in [1.54, 1.807) is 6.20 Å². The summed E-state index contributed by atoms with van der Waals surface area (Å²) in [6.45, 7) is -0.399. The van der Waals surface area contributed by atoms with E-state index in [-0.39, 0.29) is 37.1 Å². The van der Waals surface area contributed by atoms with Gasteiger partial charge in [0.2, 0.25) is 11.8 Å². The number of nitrogens with zero attached hydrogens (tertiary/aromatic N) is 2. The van der Waals surface area contributed by atoms with Gasteiger partial charge >= 0.3 is 0 Å². The third-order valence-electron chi connectivity index (χ3n) is 5.87. The number of fused-ring (bicyclic) bond motifs is 1. The van der Waals surface area contributed by atoms with Crippen LogP contribution in [0.4, 0.5) is 14.6 Å². The first-order chi connectivity index (χ1) is 14.9. The average Bonchev–Trinajstić information content (AvgIpc) is 3.38. The quantitative estimate of drug-likeness (QED) is 0.650. The zero-order valence-electron chi connectivity index (χ0n) is 16.8. The molecular formula is C23H22F2N4O2. The Labute approximate surface area is 177 Å². The molecule has 160 valence electrons. The number of hydrogen-bond acceptors (Lipinski definition) is 3. The number of aromatic amines is 1. The van der Waals surface area contributed by atoms with E-state index in [2.05, 4.69) is 15.3 Å². The molecular weight excluding hydrogens is 402 g/mol. The molecule has 3 heterocycles. The number of H-pyrrole nitrogens is 1. The Bertz CT molecular complexity index is 1150. The summed E-state index contributed by atoms with van der Waals surface area (Å²) >= 11 is 0. The predicted octanol–water partition coefficient (Wildman–Crippen LogP) is 3.99. The van der Waals surface area contributed by atoms with Gasteiger partial charge in [0.1, 0.15) is 11.5 Å². The fourth-order valence-corrected chi connectivity index (χ4v) is 3.95. The molecule has 6 nitrogen and oxygen atoms in total. The average molecular weight is 424 g/mol. The van der Waals surface area contributed by atoms with Crippen LogP contribution in [-0.4, -0.2) is 45.7 Å². The topological polar surface area (TPSA) is 78.1 Å². The number of pyridine rings is 1. The summed E-state index contributed by atoms with van der Waals surface area (Å²) in [6, 6.07) is 11.2. The number of amides is 2. The molecule has 0 spiro atoms. The van der Waals surface area contributed by atoms with Crippen molar-refractivity contribution in [1.82, 2.24) is 14.9 Å². The minimum Gasteiger partial charge on any atom is -0.346 e. The van der Waals surface area contributed by atoms with Crippen molar-refractivity contribution < 1.29 is 18.4 Å². The highest BCUT2D eigenvalue weighted by Crippen LogP contribution is 2.33. The molecule has 2 fully saturated rings. The van der Waals surface area contributed by atoms with Crippen molar-refractivity contribution in [1.29, 1.82) is 0 Å². The molecule has 2 aromatic heterocycles. The molecule has 0 atom stereocenters. The van der Waals surface area contributed by atoms with Crippen LogP contribution in [0.1, 0.15) is 24.8 Å². The van der Waals surface area contributed by atoms with Crippen molar-refractivity contribution in [2.45, 2.75) is 31.6 Å². The number of aromatic nitrogens is 2. The van der Waals surface area contributed by atoms with E-state index >= 15 is 0 Å². The van der Waals surface area contributed by atoms with E-state index < -0.39 is 12.5 Å². The molecule has 1 aromatic carbocycles. The lowest BCUT2D eigenvalue weighted by Crippen LogP contribution is -2.32. The molecule has 5 rings (SSSR count). The minimum absolute atomic E-state index is 0.00860. The highest BCUT2D eigenvalue weighted by atomic mass is 19.3. The van der Waals surface area contributed by atoms with Crippen LogP contribution in [0.25, 0.3) is 22.2 Å². The third kappa shape index (κ3) is 4.15. The van der Waals surface area contributed by atoms with Crippen LogP contribution in [0.15, 0.2) is 42.6 Å². The smallest absolute Gasteiger partial charge is 0.267 e. The molecule has 0 unspecified atom stereocenters. The van der Waals surface area contributed by atoms with Crippen molar-refractivity contribution in [2.24, 2.45) is 5.92 Å². The van der Waals surface area contributed by atoms with E-state index in [4.69, 9.17) is 0 Å². The van der Waals surface area contributed by atoms with Crippen LogP contribution in [0, 0.1) is 5.92 Å². The second-order valence-corrected chi connectivity index (χ2v) is 8.35. The van der Waals surface area contributed by atoms with Crippen LogP contribution >= 0.6 is 0 Å². The summed E-state index contributed by atoms with van der Waals surface area (Å²) in [6.07, 6.45) is 3.45. The van der Waals surface area contributed by atoms with Gasteiger partial charge in [0.25, 0.3) is 5.92 Å². The molecule has 1 saturated carbocycles. The Morgan fingerprint density at radius 2 is 1.97 bits per heavy atom. The lowest BCUT2D eigenvalue weighted by molar-refractivity contribution is -0.130. The molecule has 8 heteroatoms. The van der Waals surface area contributed by atoms with Crippen molar-refractivity contribution >= 4 is 28.7 Å². The highest BCUT2D eigenvalue weighted by molar-refractivity contribution is 5.99. The van der Waals surface area contributed by atoms with E-state index in [0.29, 0.717) is 11.5 Å². The molecule has 2 amide bonds. The first kappa shape index (κ1) is 19.7. The highest BCUT2D eigenvalue weighted by Gasteiger charge is 2.40. The van der Waals surface area contributed by atoms with Gasteiger partial charge in [-0.25, -0.2) is 13.8 Å². The van der Waals surface area contributed by atoms with Crippen molar-refractivity contribution in [3.8, 4) is 11.1 Å². The van der Waals surface area contributed by atoms with E-state index in [9.17, 15) is 18.4 Å². The maximum atomic E-state index is 13.4. The molecule has 1 saturated heterocycles. The molecule has 0 bridgehead atoms. The van der Waals surface area contributed by atoms with Crippen molar-refractivity contribution in [3.05, 3.63) is 48.2 Å². The van der Waals surface area contributed by atoms with Crippen LogP contribution in [-0.2, 0) is 16.0 Å². The number of anilines is 1. The molecule has 2 aliphatic rings. The summed E-state index contributed by atoms with van der Waals surface area (Å²) in [7, 11) is 0. The summed E-state index contributed by atoms with van der Waals surface area (Å²) in [4.78, 5) is 33.3. The number of rotatable bonds is 5. The fourth-order valence-electron chi connectivity index (χ4n) is 3.95. The van der Waals surface area contributed by atoms with Gasteiger partial charge in [0.15, 0.2) is 0 Å². The Morgan fingerprint density at radius 3 is 2.65 bits per heavy atom. The van der Waals surface area contributed by atoms with Gasteiger partial charge in [-0.1, -0.05) is 24.3 Å². The summed E-state index contributed by atoms with van der Waals surface area (Å²) in [5, 5.41) is 3.81. The summed E-state index contributed by atoms with van der Waals surface area (Å²) in [5.41, 5.74) is 3.27. The maximum Gasteiger partial charge on any atom is 0.267 e. The first-order valence-corrected chi connectivity index (χ1v) is 10.4. The summed E-state index contributed by atoms with van der Waals surface area (Å²) in [5.74, 6) is -2.50. The number of carbonyl (C=O) groups is 2. The SMILES string of the molecule is O=C(Nc1cc(-c2ccc(CC(=O)N3CCC(F)(F)C3)cc2)c2cc[nH]c2n1)C1CC1. The van der Waals surface area contributed by atoms with Gasteiger partial charge < -0.3 is 15.2 Å². The minimum atomic E-state index is -2.78. The monoisotopic (exact) mass is 424 g/mol. The normalized spacial score (nSPS) is 17.8. The zero-order valence-corrected chi connectivity index (χ0v) is 16.8. The second-order valence-electron chi connectivity index (χ2n) is 8.35. The lowest BCUT2D eigenvalue weighted by atomic mass is 10.0. The molecule has 1 aliphatic heterocycles. The Kier molecular flexibility index (Phi) is 4.72. The number of benzene rings is 1. The van der Waals surface area contributed by atoms with Crippen LogP contribution in [0.5, 0.6) is 0 Å². The van der Waals surface area contributed by atoms with Gasteiger partial charge in [-0.05, 0) is 41.7 Å². The van der Waals surface area contributed by atoms with E-state index in [0.717, 1.165) is 34.9 Å². The zero-order chi connectivity index (χ0) is 21.6. The maximum absolute atomic E-state index is 13.4. The molecule has 2 N–H and O–H groups in total. The molecule has 31 heavy (non-hydrogen) atoms. The fraction of sp³-hybridized carbons (Fsp3) is 0.348. The first-order valence-electron chi connectivity index (χ1n) is 10.4. The van der Waals surface area contributed by atoms with Crippen molar-refractivity contribution in [2.75, 3.05) is 18.4 Å². The second kappa shape index (κ2) is 7.44. The Morgan fingerprint density at radius 1 is 1.19 bits per heavy atom. The third-order valence-corrected chi connectivity index (χ3v) is 5.87. The largest absolute Gasteiger partial charge is 0.346 e. The van der Waals surface area contributed by atoms with Crippen LogP contribution in [0.3, 0.4) is 0 Å². The van der Waals surface area contributed by atoms with Gasteiger partial charge in [-0.2, -0.15) is 0 Å². The Hall–Kier alpha value is -3.29. The van der Waals surface area contributed by atoms with E-state index in [1.807, 2.05) is 36.4 Å². The molecule has 1 aliphatic carbocycles.